The number of amides is 2. The molecular formula is C15H21N3O2. The Morgan fingerprint density at radius 1 is 1.40 bits per heavy atom. The second-order valence-electron chi connectivity index (χ2n) is 4.97. The van der Waals surface area contributed by atoms with Crippen molar-refractivity contribution in [3.05, 3.63) is 29.8 Å². The molecule has 1 aliphatic heterocycles. The minimum Gasteiger partial charge on any atom is -0.352 e. The smallest absolute Gasteiger partial charge is 0.251 e. The Balaban J connectivity index is 2.00. The molecule has 1 atom stereocenters. The molecule has 1 aromatic carbocycles. The molecule has 1 fully saturated rings. The Morgan fingerprint density at radius 3 is 2.95 bits per heavy atom. The Hall–Kier alpha value is -1.88. The molecule has 1 aromatic rings. The molecule has 1 saturated heterocycles. The summed E-state index contributed by atoms with van der Waals surface area (Å²) in [6.45, 7) is 4.17. The molecule has 5 heteroatoms. The van der Waals surface area contributed by atoms with E-state index in [2.05, 4.69) is 16.0 Å². The predicted molar refractivity (Wildman–Crippen MR) is 78.7 cm³/mol. The maximum absolute atomic E-state index is 12.1. The normalized spacial score (nSPS) is 18.4. The summed E-state index contributed by atoms with van der Waals surface area (Å²) in [7, 11) is 0. The first-order valence-electron chi connectivity index (χ1n) is 7.10. The van der Waals surface area contributed by atoms with Crippen LogP contribution in [0.4, 0.5) is 5.69 Å². The number of rotatable bonds is 4. The van der Waals surface area contributed by atoms with Crippen LogP contribution in [-0.2, 0) is 4.79 Å². The number of benzene rings is 1. The maximum atomic E-state index is 12.1. The molecule has 20 heavy (non-hydrogen) atoms. The lowest BCUT2D eigenvalue weighted by atomic mass is 9.99. The standard InChI is InChI=1S/C15H21N3O2/c1-2-17-14(19)11-5-3-7-13(9-11)18-15(20)12-6-4-8-16-10-12/h3,5,7,9,12,16H,2,4,6,8,10H2,1H3,(H,17,19)(H,18,20)/t12-/m0/s1. The lowest BCUT2D eigenvalue weighted by molar-refractivity contribution is -0.120. The Kier molecular flexibility index (Phi) is 5.12. The van der Waals surface area contributed by atoms with E-state index in [-0.39, 0.29) is 17.7 Å². The van der Waals surface area contributed by atoms with Gasteiger partial charge in [-0.25, -0.2) is 0 Å². The van der Waals surface area contributed by atoms with Crippen molar-refractivity contribution >= 4 is 17.5 Å². The molecule has 5 nitrogen and oxygen atoms in total. The Bertz CT molecular complexity index is 482. The molecular weight excluding hydrogens is 254 g/mol. The van der Waals surface area contributed by atoms with Crippen LogP contribution in [0.15, 0.2) is 24.3 Å². The Morgan fingerprint density at radius 2 is 2.25 bits per heavy atom. The van der Waals surface area contributed by atoms with Gasteiger partial charge in [-0.15, -0.1) is 0 Å². The summed E-state index contributed by atoms with van der Waals surface area (Å²) in [4.78, 5) is 23.9. The molecule has 2 amide bonds. The van der Waals surface area contributed by atoms with E-state index in [1.807, 2.05) is 6.92 Å². The van der Waals surface area contributed by atoms with Crippen molar-refractivity contribution in [1.82, 2.24) is 10.6 Å². The third-order valence-electron chi connectivity index (χ3n) is 3.40. The SMILES string of the molecule is CCNC(=O)c1cccc(NC(=O)[C@H]2CCCNC2)c1. The van der Waals surface area contributed by atoms with E-state index in [0.717, 1.165) is 25.9 Å². The van der Waals surface area contributed by atoms with Crippen molar-refractivity contribution in [1.29, 1.82) is 0 Å². The van der Waals surface area contributed by atoms with Gasteiger partial charge >= 0.3 is 0 Å². The molecule has 0 spiro atoms. The van der Waals surface area contributed by atoms with Crippen LogP contribution in [0.2, 0.25) is 0 Å². The molecule has 1 aliphatic rings. The van der Waals surface area contributed by atoms with E-state index in [1.54, 1.807) is 24.3 Å². The van der Waals surface area contributed by atoms with Crippen molar-refractivity contribution in [2.24, 2.45) is 5.92 Å². The van der Waals surface area contributed by atoms with Crippen LogP contribution in [0.1, 0.15) is 30.1 Å². The number of carbonyl (C=O) groups is 2. The van der Waals surface area contributed by atoms with Crippen molar-refractivity contribution in [3.63, 3.8) is 0 Å². The molecule has 1 heterocycles. The van der Waals surface area contributed by atoms with Gasteiger partial charge in [0.05, 0.1) is 5.92 Å². The van der Waals surface area contributed by atoms with Gasteiger partial charge in [-0.3, -0.25) is 9.59 Å². The van der Waals surface area contributed by atoms with Crippen LogP contribution < -0.4 is 16.0 Å². The van der Waals surface area contributed by atoms with Crippen LogP contribution in [0.25, 0.3) is 0 Å². The molecule has 0 saturated carbocycles. The highest BCUT2D eigenvalue weighted by Crippen LogP contribution is 2.15. The molecule has 0 radical (unpaired) electrons. The van der Waals surface area contributed by atoms with Crippen molar-refractivity contribution in [2.75, 3.05) is 25.0 Å². The number of nitrogens with one attached hydrogen (secondary N) is 3. The molecule has 108 valence electrons. The minimum atomic E-state index is -0.122. The van der Waals surface area contributed by atoms with Crippen LogP contribution in [0, 0.1) is 5.92 Å². The van der Waals surface area contributed by atoms with Crippen LogP contribution in [-0.4, -0.2) is 31.4 Å². The number of anilines is 1. The second kappa shape index (κ2) is 7.05. The average Bonchev–Trinajstić information content (AvgIpc) is 2.48. The highest BCUT2D eigenvalue weighted by atomic mass is 16.2. The number of piperidine rings is 1. The van der Waals surface area contributed by atoms with Crippen molar-refractivity contribution < 1.29 is 9.59 Å². The summed E-state index contributed by atoms with van der Waals surface area (Å²) in [5.41, 5.74) is 1.23. The number of hydrogen-bond donors (Lipinski definition) is 3. The summed E-state index contributed by atoms with van der Waals surface area (Å²) >= 11 is 0. The molecule has 0 bridgehead atoms. The van der Waals surface area contributed by atoms with E-state index >= 15 is 0 Å². The number of carbonyl (C=O) groups excluding carboxylic acids is 2. The van der Waals surface area contributed by atoms with Crippen LogP contribution >= 0.6 is 0 Å². The van der Waals surface area contributed by atoms with Gasteiger partial charge in [-0.1, -0.05) is 6.07 Å². The maximum Gasteiger partial charge on any atom is 0.251 e. The van der Waals surface area contributed by atoms with Gasteiger partial charge < -0.3 is 16.0 Å². The molecule has 0 aliphatic carbocycles. The first kappa shape index (κ1) is 14.5. The zero-order valence-electron chi connectivity index (χ0n) is 11.7. The van der Waals surface area contributed by atoms with E-state index in [9.17, 15) is 9.59 Å². The monoisotopic (exact) mass is 275 g/mol. The predicted octanol–water partition coefficient (Wildman–Crippen LogP) is 1.37. The molecule has 2 rings (SSSR count). The van der Waals surface area contributed by atoms with E-state index in [0.29, 0.717) is 17.8 Å². The summed E-state index contributed by atoms with van der Waals surface area (Å²) in [5, 5.41) is 8.86. The van der Waals surface area contributed by atoms with Gasteiger partial charge in [0, 0.05) is 24.3 Å². The largest absolute Gasteiger partial charge is 0.352 e. The lowest BCUT2D eigenvalue weighted by Gasteiger charge is -2.22. The number of hydrogen-bond acceptors (Lipinski definition) is 3. The first-order valence-corrected chi connectivity index (χ1v) is 7.10. The fourth-order valence-electron chi connectivity index (χ4n) is 2.32. The summed E-state index contributed by atoms with van der Waals surface area (Å²) in [5.74, 6) is -0.0925. The van der Waals surface area contributed by atoms with Gasteiger partial charge in [0.25, 0.3) is 5.91 Å². The zero-order valence-corrected chi connectivity index (χ0v) is 11.7. The quantitative estimate of drug-likeness (QED) is 0.777. The second-order valence-corrected chi connectivity index (χ2v) is 4.97. The van der Waals surface area contributed by atoms with Crippen molar-refractivity contribution in [2.45, 2.75) is 19.8 Å². The Labute approximate surface area is 119 Å². The van der Waals surface area contributed by atoms with E-state index in [4.69, 9.17) is 0 Å². The highest BCUT2D eigenvalue weighted by molar-refractivity contribution is 5.97. The van der Waals surface area contributed by atoms with Gasteiger partial charge in [0.15, 0.2) is 0 Å². The molecule has 0 aromatic heterocycles. The first-order chi connectivity index (χ1) is 9.70. The highest BCUT2D eigenvalue weighted by Gasteiger charge is 2.20. The molecule has 0 unspecified atom stereocenters. The molecule has 3 N–H and O–H groups in total. The fraction of sp³-hybridized carbons (Fsp3) is 0.467. The summed E-state index contributed by atoms with van der Waals surface area (Å²) < 4.78 is 0. The van der Waals surface area contributed by atoms with Gasteiger partial charge in [-0.05, 0) is 44.5 Å². The van der Waals surface area contributed by atoms with Crippen LogP contribution in [0.3, 0.4) is 0 Å². The topological polar surface area (TPSA) is 70.2 Å². The van der Waals surface area contributed by atoms with Gasteiger partial charge in [0.2, 0.25) is 5.91 Å². The third-order valence-corrected chi connectivity index (χ3v) is 3.40. The fourth-order valence-corrected chi connectivity index (χ4v) is 2.32. The van der Waals surface area contributed by atoms with Gasteiger partial charge in [0.1, 0.15) is 0 Å². The van der Waals surface area contributed by atoms with Crippen LogP contribution in [0.5, 0.6) is 0 Å². The minimum absolute atomic E-state index is 0.0110. The van der Waals surface area contributed by atoms with E-state index in [1.165, 1.54) is 0 Å². The lowest BCUT2D eigenvalue weighted by Crippen LogP contribution is -2.37. The van der Waals surface area contributed by atoms with Gasteiger partial charge in [-0.2, -0.15) is 0 Å². The van der Waals surface area contributed by atoms with Crippen molar-refractivity contribution in [3.8, 4) is 0 Å². The zero-order chi connectivity index (χ0) is 14.4. The van der Waals surface area contributed by atoms with E-state index < -0.39 is 0 Å². The summed E-state index contributed by atoms with van der Waals surface area (Å²) in [6, 6.07) is 7.03. The summed E-state index contributed by atoms with van der Waals surface area (Å²) in [6.07, 6.45) is 1.94. The third kappa shape index (κ3) is 3.81. The average molecular weight is 275 g/mol.